The summed E-state index contributed by atoms with van der Waals surface area (Å²) in [5, 5.41) is 15.8. The highest BCUT2D eigenvalue weighted by Gasteiger charge is 2.32. The number of nitrogens with zero attached hydrogens (tertiary/aromatic N) is 2. The average Bonchev–Trinajstić information content (AvgIpc) is 2.89. The van der Waals surface area contributed by atoms with Gasteiger partial charge in [0.1, 0.15) is 5.69 Å². The predicted molar refractivity (Wildman–Crippen MR) is 92.4 cm³/mol. The van der Waals surface area contributed by atoms with Crippen molar-refractivity contribution < 1.29 is 18.1 Å². The van der Waals surface area contributed by atoms with Crippen LogP contribution in [-0.2, 0) is 6.18 Å². The zero-order valence-electron chi connectivity index (χ0n) is 13.5. The number of hydrogen-bond acceptors (Lipinski definition) is 4. The molecule has 0 radical (unpaired) electrons. The molecule has 0 saturated heterocycles. The van der Waals surface area contributed by atoms with Crippen molar-refractivity contribution in [3.63, 3.8) is 0 Å². The Morgan fingerprint density at radius 3 is 2.65 bits per heavy atom. The summed E-state index contributed by atoms with van der Waals surface area (Å²) in [5.74, 6) is 0. The fourth-order valence-corrected chi connectivity index (χ4v) is 2.59. The van der Waals surface area contributed by atoms with E-state index in [9.17, 15) is 23.3 Å². The van der Waals surface area contributed by atoms with Crippen LogP contribution < -0.4 is 5.43 Å². The molecule has 0 bridgehead atoms. The number of fused-ring (bicyclic) bond motifs is 1. The van der Waals surface area contributed by atoms with E-state index in [2.05, 4.69) is 15.5 Å². The summed E-state index contributed by atoms with van der Waals surface area (Å²) in [6.07, 6.45) is -3.19. The van der Waals surface area contributed by atoms with Crippen LogP contribution in [0.1, 0.15) is 16.8 Å². The van der Waals surface area contributed by atoms with Gasteiger partial charge in [-0.25, -0.2) is 0 Å². The maximum absolute atomic E-state index is 12.8. The molecule has 0 atom stereocenters. The van der Waals surface area contributed by atoms with Gasteiger partial charge in [0, 0.05) is 28.2 Å². The minimum atomic E-state index is -4.61. The lowest BCUT2D eigenvalue weighted by atomic mass is 10.1. The van der Waals surface area contributed by atoms with Gasteiger partial charge >= 0.3 is 6.18 Å². The van der Waals surface area contributed by atoms with E-state index in [4.69, 9.17) is 0 Å². The van der Waals surface area contributed by atoms with Crippen LogP contribution in [0.15, 0.2) is 47.6 Å². The molecule has 9 heteroatoms. The Labute approximate surface area is 145 Å². The monoisotopic (exact) mass is 362 g/mol. The second-order valence-electron chi connectivity index (χ2n) is 5.57. The zero-order valence-corrected chi connectivity index (χ0v) is 13.5. The molecule has 1 aromatic heterocycles. The highest BCUT2D eigenvalue weighted by molar-refractivity contribution is 6.00. The third kappa shape index (κ3) is 3.37. The van der Waals surface area contributed by atoms with Crippen LogP contribution >= 0.6 is 0 Å². The van der Waals surface area contributed by atoms with Crippen molar-refractivity contribution in [1.29, 1.82) is 0 Å². The van der Waals surface area contributed by atoms with Gasteiger partial charge in [0.25, 0.3) is 5.69 Å². The Balaban J connectivity index is 1.94. The molecule has 26 heavy (non-hydrogen) atoms. The summed E-state index contributed by atoms with van der Waals surface area (Å²) in [4.78, 5) is 13.4. The summed E-state index contributed by atoms with van der Waals surface area (Å²) in [6.45, 7) is 1.83. The lowest BCUT2D eigenvalue weighted by Crippen LogP contribution is -2.06. The van der Waals surface area contributed by atoms with Crippen molar-refractivity contribution in [1.82, 2.24) is 4.98 Å². The van der Waals surface area contributed by atoms with E-state index in [0.717, 1.165) is 28.2 Å². The first kappa shape index (κ1) is 17.5. The van der Waals surface area contributed by atoms with E-state index in [1.807, 2.05) is 31.2 Å². The first-order valence-corrected chi connectivity index (χ1v) is 7.49. The molecule has 134 valence electrons. The lowest BCUT2D eigenvalue weighted by molar-refractivity contribution is -0.384. The molecule has 1 heterocycles. The molecule has 0 fully saturated rings. The Morgan fingerprint density at radius 2 is 1.96 bits per heavy atom. The van der Waals surface area contributed by atoms with Crippen molar-refractivity contribution >= 4 is 28.5 Å². The molecular weight excluding hydrogens is 349 g/mol. The Kier molecular flexibility index (Phi) is 4.37. The Morgan fingerprint density at radius 1 is 1.23 bits per heavy atom. The largest absolute Gasteiger partial charge is 0.416 e. The summed E-state index contributed by atoms with van der Waals surface area (Å²) in [5.41, 5.74) is 2.97. The fourth-order valence-electron chi connectivity index (χ4n) is 2.59. The minimum absolute atomic E-state index is 0.335. The third-order valence-corrected chi connectivity index (χ3v) is 3.84. The average molecular weight is 362 g/mol. The van der Waals surface area contributed by atoms with Crippen molar-refractivity contribution in [3.05, 3.63) is 69.4 Å². The highest BCUT2D eigenvalue weighted by Crippen LogP contribution is 2.34. The van der Waals surface area contributed by atoms with Gasteiger partial charge in [0.2, 0.25) is 0 Å². The summed E-state index contributed by atoms with van der Waals surface area (Å²) >= 11 is 0. The molecule has 6 nitrogen and oxygen atoms in total. The standard InChI is InChI=1S/C17H13F3N4O2/c1-10-13(12-4-2-3-5-14(12)22-10)9-21-23-15-8-11(17(18,19)20)6-7-16(15)24(25)26/h2-9,22-23H,1H3/b21-9+. The third-order valence-electron chi connectivity index (χ3n) is 3.84. The molecule has 0 amide bonds. The molecule has 3 rings (SSSR count). The summed E-state index contributed by atoms with van der Waals surface area (Å²) in [7, 11) is 0. The topological polar surface area (TPSA) is 83.3 Å². The van der Waals surface area contributed by atoms with E-state index in [0.29, 0.717) is 12.1 Å². The number of H-pyrrole nitrogens is 1. The number of anilines is 1. The smallest absolute Gasteiger partial charge is 0.358 e. The van der Waals surface area contributed by atoms with Gasteiger partial charge in [-0.15, -0.1) is 0 Å². The zero-order chi connectivity index (χ0) is 18.9. The number of nitro benzene ring substituents is 1. The maximum Gasteiger partial charge on any atom is 0.416 e. The van der Waals surface area contributed by atoms with Crippen LogP contribution in [0, 0.1) is 17.0 Å². The number of para-hydroxylation sites is 1. The number of rotatable bonds is 4. The maximum atomic E-state index is 12.8. The van der Waals surface area contributed by atoms with Gasteiger partial charge in [0.15, 0.2) is 0 Å². The Bertz CT molecular complexity index is 1010. The van der Waals surface area contributed by atoms with Gasteiger partial charge in [-0.1, -0.05) is 18.2 Å². The highest BCUT2D eigenvalue weighted by atomic mass is 19.4. The number of aryl methyl sites for hydroxylation is 1. The van der Waals surface area contributed by atoms with E-state index in [1.165, 1.54) is 6.21 Å². The van der Waals surface area contributed by atoms with Gasteiger partial charge in [-0.2, -0.15) is 18.3 Å². The first-order valence-electron chi connectivity index (χ1n) is 7.49. The number of nitrogens with one attached hydrogen (secondary N) is 2. The van der Waals surface area contributed by atoms with E-state index >= 15 is 0 Å². The van der Waals surface area contributed by atoms with E-state index in [-0.39, 0.29) is 5.69 Å². The lowest BCUT2D eigenvalue weighted by Gasteiger charge is -2.08. The fraction of sp³-hybridized carbons (Fsp3) is 0.118. The van der Waals surface area contributed by atoms with Crippen molar-refractivity contribution in [2.75, 3.05) is 5.43 Å². The predicted octanol–water partition coefficient (Wildman–Crippen LogP) is 4.85. The van der Waals surface area contributed by atoms with Crippen LogP contribution in [0.25, 0.3) is 10.9 Å². The quantitative estimate of drug-likeness (QED) is 0.395. The number of halogens is 3. The Hall–Kier alpha value is -3.36. The molecule has 0 aliphatic heterocycles. The first-order chi connectivity index (χ1) is 12.3. The molecule has 0 aliphatic rings. The minimum Gasteiger partial charge on any atom is -0.358 e. The van der Waals surface area contributed by atoms with Gasteiger partial charge in [0.05, 0.1) is 16.7 Å². The molecule has 0 spiro atoms. The van der Waals surface area contributed by atoms with Gasteiger partial charge in [-0.3, -0.25) is 15.5 Å². The SMILES string of the molecule is Cc1[nH]c2ccccc2c1/C=N/Nc1cc(C(F)(F)F)ccc1[N+](=O)[O-]. The van der Waals surface area contributed by atoms with Crippen LogP contribution in [0.3, 0.4) is 0 Å². The molecule has 2 aromatic carbocycles. The van der Waals surface area contributed by atoms with Crippen LogP contribution in [0.2, 0.25) is 0 Å². The number of aromatic amines is 1. The molecule has 0 saturated carbocycles. The van der Waals surface area contributed by atoms with Crippen molar-refractivity contribution in [3.8, 4) is 0 Å². The summed E-state index contributed by atoms with van der Waals surface area (Å²) < 4.78 is 38.5. The van der Waals surface area contributed by atoms with Gasteiger partial charge < -0.3 is 4.98 Å². The van der Waals surface area contributed by atoms with Crippen molar-refractivity contribution in [2.45, 2.75) is 13.1 Å². The number of hydrazone groups is 1. The van der Waals surface area contributed by atoms with Crippen LogP contribution in [-0.4, -0.2) is 16.1 Å². The van der Waals surface area contributed by atoms with Crippen LogP contribution in [0.5, 0.6) is 0 Å². The number of benzene rings is 2. The van der Waals surface area contributed by atoms with Crippen molar-refractivity contribution in [2.24, 2.45) is 5.10 Å². The summed E-state index contributed by atoms with van der Waals surface area (Å²) in [6, 6.07) is 9.59. The second-order valence-corrected chi connectivity index (χ2v) is 5.57. The number of hydrogen-bond donors (Lipinski definition) is 2. The molecule has 3 aromatic rings. The molecular formula is C17H13F3N4O2. The van der Waals surface area contributed by atoms with Gasteiger partial charge in [-0.05, 0) is 25.1 Å². The second kappa shape index (κ2) is 6.51. The number of alkyl halides is 3. The number of aromatic nitrogens is 1. The molecule has 2 N–H and O–H groups in total. The van der Waals surface area contributed by atoms with Crippen LogP contribution in [0.4, 0.5) is 24.5 Å². The van der Waals surface area contributed by atoms with E-state index in [1.54, 1.807) is 0 Å². The normalized spacial score (nSPS) is 12.0. The van der Waals surface area contributed by atoms with E-state index < -0.39 is 22.4 Å². The molecule has 0 unspecified atom stereocenters. The molecule has 0 aliphatic carbocycles. The number of nitro groups is 1.